The first kappa shape index (κ1) is 15.9. The standard InChI is InChI=1S/C2H6S.2BrH.Cu.H3N/c1-3-2;;;;/h1-2H3;2*1H;;1H3/q;;;+2;/p-2. The van der Waals surface area contributed by atoms with Crippen LogP contribution in [0.2, 0.25) is 0 Å². The Labute approximate surface area is 69.5 Å². The van der Waals surface area contributed by atoms with E-state index < -0.39 is 0 Å². The summed E-state index contributed by atoms with van der Waals surface area (Å²) in [6.45, 7) is 0. The molecule has 0 heterocycles. The van der Waals surface area contributed by atoms with Crippen LogP contribution in [0, 0.1) is 0 Å². The van der Waals surface area contributed by atoms with Crippen molar-refractivity contribution < 1.29 is 11.3 Å². The van der Waals surface area contributed by atoms with Crippen LogP contribution >= 0.6 is 40.0 Å². The van der Waals surface area contributed by atoms with E-state index in [0.29, 0.717) is 0 Å². The molecular weight excluding hydrogens is 293 g/mol. The van der Waals surface area contributed by atoms with Gasteiger partial charge in [-0.1, -0.05) is 0 Å². The molecular formula is C2H9Br2CuNS. The number of hydrogen-bond donors (Lipinski definition) is 1. The first-order chi connectivity index (χ1) is 2.83. The fourth-order valence-electron chi connectivity index (χ4n) is 0. The van der Waals surface area contributed by atoms with Gasteiger partial charge in [-0.25, -0.2) is 0 Å². The SMILES string of the molecule is CSC.N.[Br][Cu][Br]. The van der Waals surface area contributed by atoms with Crippen LogP contribution in [0.1, 0.15) is 0 Å². The van der Waals surface area contributed by atoms with Crippen molar-refractivity contribution in [2.45, 2.75) is 0 Å². The summed E-state index contributed by atoms with van der Waals surface area (Å²) >= 11 is 9.12. The fraction of sp³-hybridized carbons (Fsp3) is 1.00. The van der Waals surface area contributed by atoms with Crippen LogP contribution in [-0.2, 0) is 11.3 Å². The molecule has 1 nitrogen and oxygen atoms in total. The molecule has 0 amide bonds. The maximum absolute atomic E-state index is 2.97. The van der Waals surface area contributed by atoms with E-state index >= 15 is 0 Å². The predicted molar refractivity (Wildman–Crippen MR) is 42.3 cm³/mol. The Morgan fingerprint density at radius 1 is 1.29 bits per heavy atom. The Morgan fingerprint density at radius 3 is 1.29 bits per heavy atom. The Morgan fingerprint density at radius 2 is 1.29 bits per heavy atom. The number of rotatable bonds is 0. The van der Waals surface area contributed by atoms with Gasteiger partial charge in [-0.3, -0.25) is 0 Å². The van der Waals surface area contributed by atoms with Crippen LogP contribution in [-0.4, -0.2) is 12.5 Å². The van der Waals surface area contributed by atoms with E-state index in [1.54, 1.807) is 11.8 Å². The van der Waals surface area contributed by atoms with Gasteiger partial charge in [-0.05, 0) is 12.5 Å². The fourth-order valence-corrected chi connectivity index (χ4v) is 0. The molecule has 0 rings (SSSR count). The minimum absolute atomic E-state index is 0. The van der Waals surface area contributed by atoms with Gasteiger partial charge in [0.05, 0.1) is 0 Å². The van der Waals surface area contributed by atoms with E-state index in [0.717, 1.165) is 0 Å². The van der Waals surface area contributed by atoms with Crippen molar-refractivity contribution in [1.29, 1.82) is 0 Å². The molecule has 0 fully saturated rings. The molecule has 0 radical (unpaired) electrons. The van der Waals surface area contributed by atoms with E-state index in [-0.39, 0.29) is 6.15 Å². The van der Waals surface area contributed by atoms with Crippen molar-refractivity contribution in [1.82, 2.24) is 6.15 Å². The third-order valence-electron chi connectivity index (χ3n) is 0. The number of halogens is 2. The van der Waals surface area contributed by atoms with Crippen LogP contribution in [0.3, 0.4) is 0 Å². The van der Waals surface area contributed by atoms with Gasteiger partial charge in [0.25, 0.3) is 0 Å². The third kappa shape index (κ3) is 81.5. The monoisotopic (exact) mass is 300 g/mol. The average Bonchev–Trinajstić information content (AvgIpc) is 1.39. The molecule has 0 atom stereocenters. The Balaban J connectivity index is -0.0000000400. The van der Waals surface area contributed by atoms with Gasteiger partial charge in [0.2, 0.25) is 0 Å². The van der Waals surface area contributed by atoms with Crippen molar-refractivity contribution in [3.63, 3.8) is 0 Å². The Kier molecular flexibility index (Phi) is 56.8. The van der Waals surface area contributed by atoms with E-state index in [2.05, 4.69) is 28.2 Å². The molecule has 0 spiro atoms. The molecule has 0 saturated heterocycles. The first-order valence-electron chi connectivity index (χ1n) is 1.04. The minimum atomic E-state index is 0. The van der Waals surface area contributed by atoms with Gasteiger partial charge in [0.15, 0.2) is 0 Å². The van der Waals surface area contributed by atoms with Gasteiger partial charge in [-0.2, -0.15) is 11.8 Å². The molecule has 0 bridgehead atoms. The van der Waals surface area contributed by atoms with E-state index in [9.17, 15) is 0 Å². The Hall–Kier alpha value is 1.79. The van der Waals surface area contributed by atoms with Crippen molar-refractivity contribution in [3.05, 3.63) is 0 Å². The molecule has 0 aromatic heterocycles. The molecule has 0 aromatic rings. The van der Waals surface area contributed by atoms with Crippen LogP contribution in [0.15, 0.2) is 0 Å². The molecule has 0 aromatic carbocycles. The number of thioether (sulfide) groups is 1. The topological polar surface area (TPSA) is 35.0 Å². The Bertz CT molecular complexity index is 17.7. The van der Waals surface area contributed by atoms with E-state index in [4.69, 9.17) is 0 Å². The average molecular weight is 303 g/mol. The molecule has 7 heavy (non-hydrogen) atoms. The summed E-state index contributed by atoms with van der Waals surface area (Å²) in [7, 11) is 0. The molecule has 0 unspecified atom stereocenters. The normalized spacial score (nSPS) is 5.71. The molecule has 0 aliphatic heterocycles. The third-order valence-corrected chi connectivity index (χ3v) is 0. The van der Waals surface area contributed by atoms with Crippen molar-refractivity contribution in [3.8, 4) is 0 Å². The summed E-state index contributed by atoms with van der Waals surface area (Å²) in [6.07, 6.45) is 4.08. The maximum atomic E-state index is 2.97. The summed E-state index contributed by atoms with van der Waals surface area (Å²) < 4.78 is 0. The van der Waals surface area contributed by atoms with E-state index in [1.807, 2.05) is 12.5 Å². The molecule has 53 valence electrons. The second-order valence-corrected chi connectivity index (χ2v) is 6.02. The van der Waals surface area contributed by atoms with Gasteiger partial charge >= 0.3 is 39.6 Å². The first-order valence-corrected chi connectivity index (χ1v) is 7.33. The summed E-state index contributed by atoms with van der Waals surface area (Å²) in [6, 6.07) is 0. The van der Waals surface area contributed by atoms with Crippen molar-refractivity contribution >= 4 is 40.0 Å². The van der Waals surface area contributed by atoms with Gasteiger partial charge < -0.3 is 6.15 Å². The summed E-state index contributed by atoms with van der Waals surface area (Å²) in [5.74, 6) is 0. The number of hydrogen-bond acceptors (Lipinski definition) is 2. The van der Waals surface area contributed by atoms with Gasteiger partial charge in [0, 0.05) is 0 Å². The van der Waals surface area contributed by atoms with Crippen LogP contribution in [0.4, 0.5) is 0 Å². The second kappa shape index (κ2) is 25.0. The van der Waals surface area contributed by atoms with E-state index in [1.165, 1.54) is 11.3 Å². The van der Waals surface area contributed by atoms with Crippen molar-refractivity contribution in [2.75, 3.05) is 12.5 Å². The zero-order chi connectivity index (χ0) is 5.41. The summed E-state index contributed by atoms with van der Waals surface area (Å²) in [5.41, 5.74) is 0. The van der Waals surface area contributed by atoms with Crippen LogP contribution in [0.5, 0.6) is 0 Å². The van der Waals surface area contributed by atoms with Crippen molar-refractivity contribution in [2.24, 2.45) is 0 Å². The molecule has 0 saturated carbocycles. The molecule has 3 N–H and O–H groups in total. The second-order valence-electron chi connectivity index (χ2n) is 0.451. The van der Waals surface area contributed by atoms with Crippen LogP contribution < -0.4 is 6.15 Å². The van der Waals surface area contributed by atoms with Gasteiger partial charge in [0.1, 0.15) is 0 Å². The molecule has 5 heteroatoms. The quantitative estimate of drug-likeness (QED) is 0.698. The van der Waals surface area contributed by atoms with Gasteiger partial charge in [-0.15, -0.1) is 0 Å². The van der Waals surface area contributed by atoms with Crippen LogP contribution in [0.25, 0.3) is 0 Å². The molecule has 0 aliphatic rings. The summed E-state index contributed by atoms with van der Waals surface area (Å²) in [4.78, 5) is 0. The molecule has 0 aliphatic carbocycles. The zero-order valence-electron chi connectivity index (χ0n) is 4.17. The predicted octanol–water partition coefficient (Wildman–Crippen LogP) is 2.83. The summed E-state index contributed by atoms with van der Waals surface area (Å²) in [5, 5.41) is 0. The zero-order valence-corrected chi connectivity index (χ0v) is 9.10.